The van der Waals surface area contributed by atoms with E-state index >= 15 is 0 Å². The Labute approximate surface area is 111 Å². The summed E-state index contributed by atoms with van der Waals surface area (Å²) in [6.45, 7) is 0.804. The molecular weight excluding hydrogens is 236 g/mol. The fourth-order valence-electron chi connectivity index (χ4n) is 2.58. The largest absolute Gasteiger partial charge is 0.327 e. The molecule has 1 saturated carbocycles. The van der Waals surface area contributed by atoms with Crippen molar-refractivity contribution in [1.82, 2.24) is 9.55 Å². The Kier molecular flexibility index (Phi) is 2.72. The number of benzene rings is 1. The van der Waals surface area contributed by atoms with Crippen molar-refractivity contribution in [3.05, 3.63) is 30.1 Å². The highest BCUT2D eigenvalue weighted by atomic mass is 15.1. The SMILES string of the molecule is N#CCc1nc2ccccc2n1CC1(CC#N)CC1. The van der Waals surface area contributed by atoms with E-state index in [2.05, 4.69) is 21.7 Å². The number of aromatic nitrogens is 2. The smallest absolute Gasteiger partial charge is 0.124 e. The second-order valence-electron chi connectivity index (χ2n) is 5.27. The van der Waals surface area contributed by atoms with Crippen LogP contribution in [0.2, 0.25) is 0 Å². The Morgan fingerprint density at radius 3 is 2.68 bits per heavy atom. The number of hydrogen-bond acceptors (Lipinski definition) is 3. The zero-order chi connectivity index (χ0) is 13.3. The highest BCUT2D eigenvalue weighted by molar-refractivity contribution is 5.76. The van der Waals surface area contributed by atoms with Crippen LogP contribution in [0.1, 0.15) is 25.1 Å². The Morgan fingerprint density at radius 1 is 1.21 bits per heavy atom. The predicted octanol–water partition coefficient (Wildman–Crippen LogP) is 2.80. The van der Waals surface area contributed by atoms with Crippen molar-refractivity contribution in [3.63, 3.8) is 0 Å². The first-order chi connectivity index (χ1) is 9.28. The molecule has 0 bridgehead atoms. The zero-order valence-corrected chi connectivity index (χ0v) is 10.6. The zero-order valence-electron chi connectivity index (χ0n) is 10.6. The summed E-state index contributed by atoms with van der Waals surface area (Å²) in [7, 11) is 0. The molecule has 94 valence electrons. The third-order valence-electron chi connectivity index (χ3n) is 3.88. The van der Waals surface area contributed by atoms with Gasteiger partial charge in [-0.15, -0.1) is 0 Å². The molecule has 4 nitrogen and oxygen atoms in total. The fourth-order valence-corrected chi connectivity index (χ4v) is 2.58. The fraction of sp³-hybridized carbons (Fsp3) is 0.400. The number of imidazole rings is 1. The number of nitrogens with zero attached hydrogens (tertiary/aromatic N) is 4. The third-order valence-corrected chi connectivity index (χ3v) is 3.88. The topological polar surface area (TPSA) is 65.4 Å². The van der Waals surface area contributed by atoms with Gasteiger partial charge in [0.2, 0.25) is 0 Å². The summed E-state index contributed by atoms with van der Waals surface area (Å²) in [6, 6.07) is 12.4. The maximum atomic E-state index is 8.93. The van der Waals surface area contributed by atoms with Crippen LogP contribution in [0, 0.1) is 28.1 Å². The average molecular weight is 250 g/mol. The van der Waals surface area contributed by atoms with Crippen molar-refractivity contribution in [2.45, 2.75) is 32.2 Å². The van der Waals surface area contributed by atoms with Gasteiger partial charge in [0.05, 0.1) is 29.6 Å². The van der Waals surface area contributed by atoms with Crippen LogP contribution >= 0.6 is 0 Å². The molecule has 1 heterocycles. The van der Waals surface area contributed by atoms with Crippen LogP contribution in [-0.2, 0) is 13.0 Å². The minimum Gasteiger partial charge on any atom is -0.327 e. The van der Waals surface area contributed by atoms with Gasteiger partial charge in [-0.05, 0) is 25.0 Å². The van der Waals surface area contributed by atoms with Crippen molar-refractivity contribution in [2.75, 3.05) is 0 Å². The number of nitriles is 2. The van der Waals surface area contributed by atoms with Gasteiger partial charge in [0.15, 0.2) is 0 Å². The summed E-state index contributed by atoms with van der Waals surface area (Å²) in [4.78, 5) is 4.53. The molecule has 19 heavy (non-hydrogen) atoms. The number of fused-ring (bicyclic) bond motifs is 1. The highest BCUT2D eigenvalue weighted by Gasteiger charge is 2.43. The summed E-state index contributed by atoms with van der Waals surface area (Å²) in [5.74, 6) is 0.813. The first kappa shape index (κ1) is 11.7. The second kappa shape index (κ2) is 4.40. The number of para-hydroxylation sites is 2. The van der Waals surface area contributed by atoms with E-state index in [0.717, 1.165) is 36.2 Å². The van der Waals surface area contributed by atoms with Crippen LogP contribution in [0.5, 0.6) is 0 Å². The Bertz CT molecular complexity index is 695. The van der Waals surface area contributed by atoms with E-state index < -0.39 is 0 Å². The molecule has 0 atom stereocenters. The Balaban J connectivity index is 2.03. The summed E-state index contributed by atoms with van der Waals surface area (Å²) in [6.07, 6.45) is 3.10. The van der Waals surface area contributed by atoms with Crippen molar-refractivity contribution < 1.29 is 0 Å². The summed E-state index contributed by atoms with van der Waals surface area (Å²) in [5.41, 5.74) is 2.11. The van der Waals surface area contributed by atoms with Crippen LogP contribution in [0.15, 0.2) is 24.3 Å². The van der Waals surface area contributed by atoms with Crippen molar-refractivity contribution >= 4 is 11.0 Å². The lowest BCUT2D eigenvalue weighted by Crippen LogP contribution is -2.13. The molecular formula is C15H14N4. The quantitative estimate of drug-likeness (QED) is 0.838. The van der Waals surface area contributed by atoms with Crippen LogP contribution < -0.4 is 0 Å². The van der Waals surface area contributed by atoms with Crippen LogP contribution in [0.3, 0.4) is 0 Å². The van der Waals surface area contributed by atoms with E-state index in [4.69, 9.17) is 10.5 Å². The van der Waals surface area contributed by atoms with Gasteiger partial charge in [-0.3, -0.25) is 0 Å². The molecule has 1 aromatic carbocycles. The summed E-state index contributed by atoms with van der Waals surface area (Å²) >= 11 is 0. The molecule has 1 aliphatic rings. The first-order valence-electron chi connectivity index (χ1n) is 6.46. The van der Waals surface area contributed by atoms with Crippen LogP contribution in [0.25, 0.3) is 11.0 Å². The van der Waals surface area contributed by atoms with E-state index in [1.165, 1.54) is 0 Å². The van der Waals surface area contributed by atoms with Gasteiger partial charge in [-0.1, -0.05) is 12.1 Å². The van der Waals surface area contributed by atoms with Gasteiger partial charge in [0.1, 0.15) is 5.82 Å². The molecule has 1 aliphatic carbocycles. The standard InChI is InChI=1S/C15H14N4/c16-9-5-14-18-12-3-1-2-4-13(12)19(14)11-15(6-7-15)8-10-17/h1-4H,5-8,11H2. The van der Waals surface area contributed by atoms with Gasteiger partial charge in [-0.25, -0.2) is 4.98 Å². The molecule has 0 saturated heterocycles. The second-order valence-corrected chi connectivity index (χ2v) is 5.27. The molecule has 2 aromatic rings. The third kappa shape index (κ3) is 2.06. The first-order valence-corrected chi connectivity index (χ1v) is 6.46. The molecule has 1 fully saturated rings. The normalized spacial score (nSPS) is 15.9. The van der Waals surface area contributed by atoms with Crippen molar-refractivity contribution in [3.8, 4) is 12.1 Å². The molecule has 4 heteroatoms. The molecule has 0 unspecified atom stereocenters. The minimum absolute atomic E-state index is 0.114. The van der Waals surface area contributed by atoms with Gasteiger partial charge in [-0.2, -0.15) is 10.5 Å². The van der Waals surface area contributed by atoms with Crippen molar-refractivity contribution in [2.24, 2.45) is 5.41 Å². The highest BCUT2D eigenvalue weighted by Crippen LogP contribution is 2.50. The monoisotopic (exact) mass is 250 g/mol. The van der Waals surface area contributed by atoms with E-state index in [0.29, 0.717) is 12.8 Å². The molecule has 0 N–H and O–H groups in total. The van der Waals surface area contributed by atoms with Gasteiger partial charge < -0.3 is 4.57 Å². The lowest BCUT2D eigenvalue weighted by molar-refractivity contribution is 0.431. The van der Waals surface area contributed by atoms with E-state index in [1.807, 2.05) is 24.3 Å². The predicted molar refractivity (Wildman–Crippen MR) is 70.9 cm³/mol. The lowest BCUT2D eigenvalue weighted by atomic mass is 10.0. The lowest BCUT2D eigenvalue weighted by Gasteiger charge is -2.14. The number of rotatable bonds is 4. The van der Waals surface area contributed by atoms with E-state index in [1.54, 1.807) is 0 Å². The maximum absolute atomic E-state index is 8.93. The van der Waals surface area contributed by atoms with Gasteiger partial charge in [0, 0.05) is 18.4 Å². The van der Waals surface area contributed by atoms with Gasteiger partial charge >= 0.3 is 0 Å². The van der Waals surface area contributed by atoms with Crippen LogP contribution in [-0.4, -0.2) is 9.55 Å². The molecule has 0 amide bonds. The summed E-state index contributed by atoms with van der Waals surface area (Å²) in [5, 5.41) is 17.9. The molecule has 3 rings (SSSR count). The maximum Gasteiger partial charge on any atom is 0.124 e. The average Bonchev–Trinajstić information content (AvgIpc) is 3.08. The minimum atomic E-state index is 0.114. The number of hydrogen-bond donors (Lipinski definition) is 0. The Hall–Kier alpha value is -2.33. The molecule has 0 radical (unpaired) electrons. The molecule has 0 spiro atoms. The van der Waals surface area contributed by atoms with Gasteiger partial charge in [0.25, 0.3) is 0 Å². The Morgan fingerprint density at radius 2 is 2.00 bits per heavy atom. The van der Waals surface area contributed by atoms with Crippen LogP contribution in [0.4, 0.5) is 0 Å². The summed E-state index contributed by atoms with van der Waals surface area (Å²) < 4.78 is 2.13. The van der Waals surface area contributed by atoms with E-state index in [-0.39, 0.29) is 5.41 Å². The van der Waals surface area contributed by atoms with E-state index in [9.17, 15) is 0 Å². The van der Waals surface area contributed by atoms with Crippen molar-refractivity contribution in [1.29, 1.82) is 10.5 Å². The molecule has 0 aliphatic heterocycles. The molecule has 1 aromatic heterocycles.